The van der Waals surface area contributed by atoms with Gasteiger partial charge in [0.1, 0.15) is 11.5 Å². The maximum Gasteiger partial charge on any atom is 0.157 e. The Labute approximate surface area is 196 Å². The lowest BCUT2D eigenvalue weighted by Gasteiger charge is -2.13. The molecule has 4 rings (SSSR count). The van der Waals surface area contributed by atoms with Gasteiger partial charge in [0.25, 0.3) is 0 Å². The Morgan fingerprint density at radius 1 is 0.871 bits per heavy atom. The summed E-state index contributed by atoms with van der Waals surface area (Å²) in [5, 5.41) is 0. The third-order valence-corrected chi connectivity index (χ3v) is 6.06. The average Bonchev–Trinajstić information content (AvgIpc) is 3.48. The summed E-state index contributed by atoms with van der Waals surface area (Å²) < 4.78 is 14.2. The number of rotatable bonds is 9. The summed E-state index contributed by atoms with van der Waals surface area (Å²) in [4.78, 5) is 8.47. The summed E-state index contributed by atoms with van der Waals surface area (Å²) in [6.45, 7) is 0.905. The Balaban J connectivity index is 1.91. The molecule has 0 fully saturated rings. The van der Waals surface area contributed by atoms with E-state index >= 15 is 0 Å². The van der Waals surface area contributed by atoms with Crippen LogP contribution >= 0.6 is 22.6 Å². The van der Waals surface area contributed by atoms with Crippen molar-refractivity contribution >= 4 is 22.6 Å². The number of alkyl halides is 1. The van der Waals surface area contributed by atoms with E-state index in [1.165, 1.54) is 6.42 Å². The van der Waals surface area contributed by atoms with Gasteiger partial charge in [0.05, 0.1) is 31.3 Å². The van der Waals surface area contributed by atoms with Crippen molar-refractivity contribution in [3.8, 4) is 45.5 Å². The van der Waals surface area contributed by atoms with Crippen LogP contribution in [0.4, 0.5) is 0 Å². The number of ether oxygens (including phenoxy) is 2. The maximum atomic E-state index is 5.38. The third-order valence-electron chi connectivity index (χ3n) is 5.30. The minimum absolute atomic E-state index is 0.834. The normalized spacial score (nSPS) is 10.9. The third kappa shape index (κ3) is 4.63. The summed E-state index contributed by atoms with van der Waals surface area (Å²) in [6, 6.07) is 20.4. The Morgan fingerprint density at radius 2 is 1.52 bits per heavy atom. The summed E-state index contributed by atoms with van der Waals surface area (Å²) in [5.41, 5.74) is 5.28. The van der Waals surface area contributed by atoms with Crippen LogP contribution in [0.5, 0.6) is 11.5 Å². The molecule has 31 heavy (non-hydrogen) atoms. The second-order valence-electron chi connectivity index (χ2n) is 7.22. The fraction of sp³-hybridized carbons (Fsp3) is 0.240. The number of aromatic nitrogens is 3. The summed E-state index contributed by atoms with van der Waals surface area (Å²) >= 11 is 2.44. The molecule has 0 radical (unpaired) electrons. The first-order valence-corrected chi connectivity index (χ1v) is 11.9. The van der Waals surface area contributed by atoms with Gasteiger partial charge in [-0.05, 0) is 77.9 Å². The number of nitrogens with one attached hydrogen (secondary N) is 1. The molecule has 0 aliphatic heterocycles. The highest BCUT2D eigenvalue weighted by molar-refractivity contribution is 14.1. The molecule has 0 atom stereocenters. The largest absolute Gasteiger partial charge is 0.497 e. The van der Waals surface area contributed by atoms with Gasteiger partial charge in [-0.1, -0.05) is 22.6 Å². The number of hydrogen-bond donors (Lipinski definition) is 1. The molecule has 1 N–H and O–H groups in total. The molecule has 0 unspecified atom stereocenters. The van der Waals surface area contributed by atoms with E-state index in [0.29, 0.717) is 0 Å². The molecule has 6 heteroatoms. The first-order chi connectivity index (χ1) is 15.2. The number of unbranched alkanes of at least 4 members (excludes halogenated alkanes) is 1. The zero-order valence-corrected chi connectivity index (χ0v) is 19.9. The van der Waals surface area contributed by atoms with Crippen molar-refractivity contribution in [2.75, 3.05) is 18.6 Å². The number of H-pyrrole nitrogens is 1. The second-order valence-corrected chi connectivity index (χ2v) is 8.30. The van der Waals surface area contributed by atoms with Crippen molar-refractivity contribution in [3.63, 3.8) is 0 Å². The molecule has 0 saturated heterocycles. The molecule has 0 amide bonds. The van der Waals surface area contributed by atoms with Gasteiger partial charge in [-0.25, -0.2) is 4.98 Å². The molecule has 0 aliphatic carbocycles. The zero-order chi connectivity index (χ0) is 21.6. The van der Waals surface area contributed by atoms with Crippen LogP contribution < -0.4 is 9.47 Å². The van der Waals surface area contributed by atoms with E-state index in [4.69, 9.17) is 14.5 Å². The zero-order valence-electron chi connectivity index (χ0n) is 17.8. The fourth-order valence-electron chi connectivity index (χ4n) is 3.70. The van der Waals surface area contributed by atoms with Gasteiger partial charge in [-0.2, -0.15) is 0 Å². The quantitative estimate of drug-likeness (QED) is 0.155. The highest BCUT2D eigenvalue weighted by Crippen LogP contribution is 2.37. The standard InChI is InChI=1S/C25H26IN3O2/c1-30-20-11-7-18(8-12-20)23-24(19-9-13-21(31-2)14-10-19)29(17-4-3-15-26)25(28-23)22-6-5-16-27-22/h5-14,16,27H,3-4,15,17H2,1-2H3. The number of hydrogen-bond acceptors (Lipinski definition) is 3. The Morgan fingerprint density at radius 3 is 2.06 bits per heavy atom. The van der Waals surface area contributed by atoms with E-state index in [1.807, 2.05) is 36.5 Å². The number of imidazole rings is 1. The van der Waals surface area contributed by atoms with Crippen molar-refractivity contribution in [1.82, 2.24) is 14.5 Å². The van der Waals surface area contributed by atoms with E-state index in [9.17, 15) is 0 Å². The van der Waals surface area contributed by atoms with Crippen LogP contribution in [0.1, 0.15) is 12.8 Å². The molecule has 2 aromatic heterocycles. The number of nitrogens with zero attached hydrogens (tertiary/aromatic N) is 2. The molecule has 4 aromatic rings. The highest BCUT2D eigenvalue weighted by atomic mass is 127. The van der Waals surface area contributed by atoms with Gasteiger partial charge in [0.15, 0.2) is 5.82 Å². The molecule has 2 aromatic carbocycles. The van der Waals surface area contributed by atoms with Crippen LogP contribution in [-0.4, -0.2) is 33.2 Å². The molecule has 2 heterocycles. The van der Waals surface area contributed by atoms with Crippen LogP contribution in [0, 0.1) is 0 Å². The lowest BCUT2D eigenvalue weighted by Crippen LogP contribution is -2.04. The molecule has 5 nitrogen and oxygen atoms in total. The number of benzene rings is 2. The van der Waals surface area contributed by atoms with E-state index < -0.39 is 0 Å². The molecule has 0 aliphatic rings. The van der Waals surface area contributed by atoms with Crippen LogP contribution in [0.3, 0.4) is 0 Å². The van der Waals surface area contributed by atoms with Crippen molar-refractivity contribution < 1.29 is 9.47 Å². The van der Waals surface area contributed by atoms with Gasteiger partial charge in [-0.3, -0.25) is 0 Å². The van der Waals surface area contributed by atoms with Crippen molar-refractivity contribution in [2.24, 2.45) is 0 Å². The van der Waals surface area contributed by atoms with Gasteiger partial charge in [-0.15, -0.1) is 0 Å². The van der Waals surface area contributed by atoms with E-state index in [1.54, 1.807) is 14.2 Å². The maximum absolute atomic E-state index is 5.38. The predicted molar refractivity (Wildman–Crippen MR) is 134 cm³/mol. The predicted octanol–water partition coefficient (Wildman–Crippen LogP) is 6.44. The van der Waals surface area contributed by atoms with Crippen LogP contribution in [-0.2, 0) is 6.54 Å². The molecule has 0 spiro atoms. The van der Waals surface area contributed by atoms with Crippen LogP contribution in [0.2, 0.25) is 0 Å². The highest BCUT2D eigenvalue weighted by Gasteiger charge is 2.21. The van der Waals surface area contributed by atoms with E-state index in [0.717, 1.165) is 62.9 Å². The average molecular weight is 527 g/mol. The first-order valence-electron chi connectivity index (χ1n) is 10.3. The summed E-state index contributed by atoms with van der Waals surface area (Å²) in [7, 11) is 3.37. The number of methoxy groups -OCH3 is 2. The van der Waals surface area contributed by atoms with Gasteiger partial charge >= 0.3 is 0 Å². The lowest BCUT2D eigenvalue weighted by atomic mass is 10.0. The van der Waals surface area contributed by atoms with Crippen molar-refractivity contribution in [1.29, 1.82) is 0 Å². The topological polar surface area (TPSA) is 52.1 Å². The first kappa shape index (κ1) is 21.5. The summed E-state index contributed by atoms with van der Waals surface area (Å²) in [6.07, 6.45) is 4.21. The lowest BCUT2D eigenvalue weighted by molar-refractivity contribution is 0.414. The molecular weight excluding hydrogens is 501 g/mol. The SMILES string of the molecule is COc1ccc(-c2nc(-c3ccc[nH]3)n(CCCCI)c2-c2ccc(OC)cc2)cc1. The fourth-order valence-corrected chi connectivity index (χ4v) is 4.24. The van der Waals surface area contributed by atoms with Gasteiger partial charge < -0.3 is 19.0 Å². The Hall–Kier alpha value is -2.74. The second kappa shape index (κ2) is 10.0. The smallest absolute Gasteiger partial charge is 0.157 e. The Kier molecular flexibility index (Phi) is 6.96. The Bertz CT molecular complexity index is 1100. The number of aromatic amines is 1. The van der Waals surface area contributed by atoms with E-state index in [2.05, 4.69) is 62.5 Å². The molecular formula is C25H26IN3O2. The van der Waals surface area contributed by atoms with Crippen molar-refractivity contribution in [2.45, 2.75) is 19.4 Å². The summed E-state index contributed by atoms with van der Waals surface area (Å²) in [5.74, 6) is 2.63. The molecule has 0 saturated carbocycles. The minimum atomic E-state index is 0.834. The van der Waals surface area contributed by atoms with Gasteiger partial charge in [0, 0.05) is 23.9 Å². The van der Waals surface area contributed by atoms with Crippen LogP contribution in [0.15, 0.2) is 66.9 Å². The monoisotopic (exact) mass is 527 g/mol. The van der Waals surface area contributed by atoms with Crippen LogP contribution in [0.25, 0.3) is 34.0 Å². The molecule has 160 valence electrons. The molecule has 0 bridgehead atoms. The van der Waals surface area contributed by atoms with E-state index in [-0.39, 0.29) is 0 Å². The van der Waals surface area contributed by atoms with Gasteiger partial charge in [0.2, 0.25) is 0 Å². The van der Waals surface area contributed by atoms with Crippen molar-refractivity contribution in [3.05, 3.63) is 66.9 Å². The minimum Gasteiger partial charge on any atom is -0.497 e. The number of halogens is 1.